The van der Waals surface area contributed by atoms with Gasteiger partial charge in [-0.3, -0.25) is 14.6 Å². The predicted octanol–water partition coefficient (Wildman–Crippen LogP) is 4.78. The highest BCUT2D eigenvalue weighted by Gasteiger charge is 2.23. The number of ketones is 1. The zero-order chi connectivity index (χ0) is 31.7. The number of aliphatic hydroxyl groups excluding tert-OH is 1. The first-order valence-corrected chi connectivity index (χ1v) is 16.0. The Morgan fingerprint density at radius 2 is 1.70 bits per heavy atom. The third kappa shape index (κ3) is 8.23. The molecular weight excluding hydrogens is 582 g/mol. The Labute approximate surface area is 270 Å². The summed E-state index contributed by atoms with van der Waals surface area (Å²) in [4.78, 5) is 30.9. The van der Waals surface area contributed by atoms with Crippen molar-refractivity contribution in [1.82, 2.24) is 14.7 Å². The van der Waals surface area contributed by atoms with Gasteiger partial charge in [-0.05, 0) is 64.4 Å². The van der Waals surface area contributed by atoms with Crippen molar-refractivity contribution in [3.8, 4) is 11.5 Å². The largest absolute Gasteiger partial charge is 0.454 e. The average Bonchev–Trinajstić information content (AvgIpc) is 3.73. The second-order valence-corrected chi connectivity index (χ2v) is 11.9. The minimum absolute atomic E-state index is 0.260. The Bertz CT molecular complexity index is 1580. The molecule has 0 unspecified atom stereocenters. The van der Waals surface area contributed by atoms with Gasteiger partial charge in [-0.15, -0.1) is 0 Å². The third-order valence-electron chi connectivity index (χ3n) is 8.74. The zero-order valence-electron chi connectivity index (χ0n) is 26.1. The van der Waals surface area contributed by atoms with Gasteiger partial charge >= 0.3 is 6.09 Å². The molecule has 0 saturated carbocycles. The van der Waals surface area contributed by atoms with Crippen molar-refractivity contribution in [3.05, 3.63) is 107 Å². The summed E-state index contributed by atoms with van der Waals surface area (Å²) in [6.45, 7) is 5.89. The van der Waals surface area contributed by atoms with E-state index in [4.69, 9.17) is 19.3 Å². The molecule has 2 heterocycles. The molecule has 0 aromatic heterocycles. The first-order chi connectivity index (χ1) is 22.5. The first kappa shape index (κ1) is 31.5. The highest BCUT2D eigenvalue weighted by atomic mass is 16.7. The summed E-state index contributed by atoms with van der Waals surface area (Å²) in [6.07, 6.45) is 7.05. The van der Waals surface area contributed by atoms with Crippen LogP contribution in [0.2, 0.25) is 0 Å². The van der Waals surface area contributed by atoms with Crippen LogP contribution < -0.4 is 9.47 Å². The van der Waals surface area contributed by atoms with E-state index < -0.39 is 6.61 Å². The maximum Gasteiger partial charge on any atom is 0.409 e. The van der Waals surface area contributed by atoms with Gasteiger partial charge in [0.25, 0.3) is 0 Å². The van der Waals surface area contributed by atoms with Gasteiger partial charge < -0.3 is 24.2 Å². The minimum atomic E-state index is -0.493. The van der Waals surface area contributed by atoms with Crippen LogP contribution in [-0.2, 0) is 29.0 Å². The van der Waals surface area contributed by atoms with Crippen molar-refractivity contribution in [1.29, 1.82) is 0 Å². The van der Waals surface area contributed by atoms with E-state index in [0.29, 0.717) is 32.8 Å². The Balaban J connectivity index is 0.997. The van der Waals surface area contributed by atoms with Gasteiger partial charge in [-0.25, -0.2) is 4.79 Å². The van der Waals surface area contributed by atoms with Crippen molar-refractivity contribution in [2.24, 2.45) is 0 Å². The van der Waals surface area contributed by atoms with E-state index in [1.165, 1.54) is 28.3 Å². The lowest BCUT2D eigenvalue weighted by Gasteiger charge is -2.34. The predicted molar refractivity (Wildman–Crippen MR) is 176 cm³/mol. The van der Waals surface area contributed by atoms with Gasteiger partial charge in [0.2, 0.25) is 6.79 Å². The molecule has 1 N–H and O–H groups in total. The molecule has 240 valence electrons. The van der Waals surface area contributed by atoms with E-state index in [1.807, 2.05) is 24.3 Å². The van der Waals surface area contributed by atoms with Crippen LogP contribution in [0.15, 0.2) is 78.9 Å². The molecule has 1 fully saturated rings. The van der Waals surface area contributed by atoms with E-state index in [9.17, 15) is 9.59 Å². The van der Waals surface area contributed by atoms with Crippen LogP contribution in [-0.4, -0.2) is 91.0 Å². The van der Waals surface area contributed by atoms with Crippen molar-refractivity contribution in [2.45, 2.75) is 25.9 Å². The maximum atomic E-state index is 13.0. The van der Waals surface area contributed by atoms with E-state index in [0.717, 1.165) is 61.6 Å². The van der Waals surface area contributed by atoms with Crippen LogP contribution in [0.1, 0.15) is 34.2 Å². The van der Waals surface area contributed by atoms with Crippen molar-refractivity contribution >= 4 is 23.5 Å². The molecule has 1 saturated heterocycles. The van der Waals surface area contributed by atoms with Crippen LogP contribution >= 0.6 is 0 Å². The number of amides is 1. The Morgan fingerprint density at radius 1 is 0.913 bits per heavy atom. The summed E-state index contributed by atoms with van der Waals surface area (Å²) >= 11 is 0. The van der Waals surface area contributed by atoms with Gasteiger partial charge in [0.05, 0.1) is 0 Å². The van der Waals surface area contributed by atoms with Crippen LogP contribution in [0.4, 0.5) is 4.79 Å². The number of ether oxygens (including phenoxy) is 3. The number of carbonyl (C=O) groups is 2. The van der Waals surface area contributed by atoms with E-state index in [-0.39, 0.29) is 18.7 Å². The van der Waals surface area contributed by atoms with Gasteiger partial charge in [-0.2, -0.15) is 0 Å². The second kappa shape index (κ2) is 15.2. The molecule has 0 spiro atoms. The van der Waals surface area contributed by atoms with Crippen LogP contribution in [0.25, 0.3) is 11.6 Å². The monoisotopic (exact) mass is 623 g/mol. The number of fused-ring (bicyclic) bond motifs is 2. The SMILES string of the molecule is O=C(/C=C/c1ccc(CN(CCOC(=O)N2CCN(Cc3ccc4c(c3)OCO4)CC2)CCC2=CCc3ccccc32)cc1)CO. The normalized spacial score (nSPS) is 15.8. The van der Waals surface area contributed by atoms with Crippen molar-refractivity contribution in [3.63, 3.8) is 0 Å². The number of piperazine rings is 1. The van der Waals surface area contributed by atoms with Crippen molar-refractivity contribution in [2.75, 3.05) is 59.3 Å². The molecule has 3 aromatic rings. The summed E-state index contributed by atoms with van der Waals surface area (Å²) < 4.78 is 16.7. The van der Waals surface area contributed by atoms with Gasteiger partial charge in [0.1, 0.15) is 13.2 Å². The summed E-state index contributed by atoms with van der Waals surface area (Å²) in [6, 6.07) is 22.7. The molecule has 1 aliphatic carbocycles. The van der Waals surface area contributed by atoms with Gasteiger partial charge in [-0.1, -0.05) is 66.7 Å². The molecule has 9 heteroatoms. The quantitative estimate of drug-likeness (QED) is 0.272. The van der Waals surface area contributed by atoms with Crippen LogP contribution in [0.3, 0.4) is 0 Å². The number of benzene rings is 3. The molecule has 46 heavy (non-hydrogen) atoms. The fraction of sp³-hybridized carbons (Fsp3) is 0.351. The second-order valence-electron chi connectivity index (χ2n) is 11.9. The molecule has 0 atom stereocenters. The Morgan fingerprint density at radius 3 is 2.52 bits per heavy atom. The highest BCUT2D eigenvalue weighted by molar-refractivity contribution is 5.94. The fourth-order valence-electron chi connectivity index (χ4n) is 6.11. The fourth-order valence-corrected chi connectivity index (χ4v) is 6.11. The molecule has 0 radical (unpaired) electrons. The summed E-state index contributed by atoms with van der Waals surface area (Å²) in [5, 5.41) is 8.95. The smallest absolute Gasteiger partial charge is 0.409 e. The Hall–Kier alpha value is -4.44. The molecular formula is C37H41N3O6. The summed E-state index contributed by atoms with van der Waals surface area (Å²) in [7, 11) is 0. The average molecular weight is 624 g/mol. The molecule has 0 bridgehead atoms. The lowest BCUT2D eigenvalue weighted by atomic mass is 10.0. The third-order valence-corrected chi connectivity index (χ3v) is 8.74. The van der Waals surface area contributed by atoms with E-state index >= 15 is 0 Å². The Kier molecular flexibility index (Phi) is 10.4. The topological polar surface area (TPSA) is 91.8 Å². The minimum Gasteiger partial charge on any atom is -0.454 e. The summed E-state index contributed by atoms with van der Waals surface area (Å²) in [5.74, 6) is 1.26. The molecule has 3 aliphatic rings. The number of allylic oxidation sites excluding steroid dienone is 1. The number of rotatable bonds is 13. The zero-order valence-corrected chi connectivity index (χ0v) is 26.1. The molecule has 1 amide bonds. The van der Waals surface area contributed by atoms with E-state index in [2.05, 4.69) is 58.3 Å². The molecule has 2 aliphatic heterocycles. The molecule has 3 aromatic carbocycles. The molecule has 6 rings (SSSR count). The molecule has 9 nitrogen and oxygen atoms in total. The maximum absolute atomic E-state index is 13.0. The first-order valence-electron chi connectivity index (χ1n) is 16.0. The number of carbonyl (C=O) groups excluding carboxylic acids is 2. The number of hydrogen-bond acceptors (Lipinski definition) is 8. The van der Waals surface area contributed by atoms with E-state index in [1.54, 1.807) is 11.0 Å². The number of aliphatic hydroxyl groups is 1. The summed E-state index contributed by atoms with van der Waals surface area (Å²) in [5.41, 5.74) is 7.27. The van der Waals surface area contributed by atoms with Crippen LogP contribution in [0.5, 0.6) is 11.5 Å². The lowest BCUT2D eigenvalue weighted by Crippen LogP contribution is -2.48. The van der Waals surface area contributed by atoms with Crippen LogP contribution in [0, 0.1) is 0 Å². The van der Waals surface area contributed by atoms with Gasteiger partial charge in [0, 0.05) is 52.4 Å². The van der Waals surface area contributed by atoms with Gasteiger partial charge in [0.15, 0.2) is 17.3 Å². The number of hydrogen-bond donors (Lipinski definition) is 1. The highest BCUT2D eigenvalue weighted by Crippen LogP contribution is 2.33. The lowest BCUT2D eigenvalue weighted by molar-refractivity contribution is -0.117. The van der Waals surface area contributed by atoms with Crippen molar-refractivity contribution < 1.29 is 28.9 Å². The number of nitrogens with zero attached hydrogens (tertiary/aromatic N) is 3. The standard InChI is InChI=1S/C37H41N3O6/c41-26-33(42)13-9-28-5-7-29(8-6-28)24-38(16-15-32-12-11-31-3-1-2-4-34(31)32)21-22-44-37(43)40-19-17-39(18-20-40)25-30-10-14-35-36(23-30)46-27-45-35/h1-10,12-14,23,41H,11,15-22,24-27H2/b13-9+.